The molecule has 218 valence electrons. The Bertz CT molecular complexity index is 429. The maximum Gasteiger partial charge on any atom is 0.291 e. The van der Waals surface area contributed by atoms with Crippen molar-refractivity contribution in [3.05, 3.63) is 0 Å². The van der Waals surface area contributed by atoms with Crippen LogP contribution >= 0.6 is 0 Å². The van der Waals surface area contributed by atoms with E-state index in [2.05, 4.69) is 6.92 Å². The summed E-state index contributed by atoms with van der Waals surface area (Å²) in [6.45, 7) is 3.67. The van der Waals surface area contributed by atoms with E-state index in [9.17, 15) is 8.42 Å². The molecule has 0 aromatic carbocycles. The average molecular weight is 534 g/mol. The summed E-state index contributed by atoms with van der Waals surface area (Å²) in [5.74, 6) is 0. The maximum absolute atomic E-state index is 10.6. The topological polar surface area (TPSA) is 213 Å². The van der Waals surface area contributed by atoms with Gasteiger partial charge in [-0.3, -0.25) is 4.55 Å². The van der Waals surface area contributed by atoms with Crippen LogP contribution in [0.15, 0.2) is 0 Å². The molecule has 1 unspecified atom stereocenters. The minimum absolute atomic E-state index is 0.0972. The summed E-state index contributed by atoms with van der Waals surface area (Å²) in [6, 6.07) is 0. The number of unbranched alkanes of at least 4 members (excludes halogenated alkanes) is 14. The number of hydrogen-bond acceptors (Lipinski definition) is 9. The van der Waals surface area contributed by atoms with Crippen LogP contribution in [-0.4, -0.2) is 78.3 Å². The molecule has 0 aliphatic carbocycles. The van der Waals surface area contributed by atoms with Gasteiger partial charge >= 0.3 is 0 Å². The number of rotatable bonds is 20. The van der Waals surface area contributed by atoms with Gasteiger partial charge in [0.2, 0.25) is 0 Å². The van der Waals surface area contributed by atoms with Gasteiger partial charge in [-0.25, -0.2) is 0 Å². The molecule has 0 radical (unpaired) electrons. The van der Waals surface area contributed by atoms with Gasteiger partial charge in [-0.15, -0.1) is 0 Å². The third-order valence-electron chi connectivity index (χ3n) is 4.79. The van der Waals surface area contributed by atoms with Gasteiger partial charge in [0, 0.05) is 19.6 Å². The van der Waals surface area contributed by atoms with E-state index in [0.29, 0.717) is 26.1 Å². The molecule has 0 spiro atoms. The van der Waals surface area contributed by atoms with Gasteiger partial charge in [0.15, 0.2) is 5.44 Å². The highest BCUT2D eigenvalue weighted by atomic mass is 32.2. The lowest BCUT2D eigenvalue weighted by Crippen LogP contribution is -2.19. The summed E-state index contributed by atoms with van der Waals surface area (Å²) in [4.78, 5) is 0. The Balaban J connectivity index is -0.000000329. The molecule has 0 saturated carbocycles. The molecule has 0 aliphatic rings. The zero-order chi connectivity index (χ0) is 27.6. The number of aliphatic hydroxyl groups excluding tert-OH is 4. The SMILES string of the molecule is CCCCCCCCCCCCCCCCCC(O)S(=O)(=O)O.NCCO.NCCO.NCCO. The molecule has 0 aromatic rings. The van der Waals surface area contributed by atoms with Crippen molar-refractivity contribution in [1.29, 1.82) is 0 Å². The van der Waals surface area contributed by atoms with Crippen LogP contribution in [-0.2, 0) is 10.1 Å². The average Bonchev–Trinajstić information content (AvgIpc) is 2.86. The van der Waals surface area contributed by atoms with Gasteiger partial charge in [-0.2, -0.15) is 8.42 Å². The summed E-state index contributed by atoms with van der Waals surface area (Å²) >= 11 is 0. The van der Waals surface area contributed by atoms with Crippen LogP contribution in [0.2, 0.25) is 0 Å². The van der Waals surface area contributed by atoms with Crippen LogP contribution in [0.5, 0.6) is 0 Å². The third kappa shape index (κ3) is 51.2. The highest BCUT2D eigenvalue weighted by Crippen LogP contribution is 2.14. The number of hydrogen-bond donors (Lipinski definition) is 8. The first-order chi connectivity index (χ1) is 16.7. The fraction of sp³-hybridized carbons (Fsp3) is 1.00. The standard InChI is InChI=1S/C18H38O4S.3C2H7NO/c1-2-3-4-5-6-7-8-9-10-11-12-13-14-15-16-17-18(19)23(20,21)22;3*3-1-2-4/h18-19H,2-17H2,1H3,(H,20,21,22);3*4H,1-3H2. The molecule has 0 saturated heterocycles. The van der Waals surface area contributed by atoms with Crippen LogP contribution in [0.3, 0.4) is 0 Å². The fourth-order valence-electron chi connectivity index (χ4n) is 2.84. The Hall–Kier alpha value is -0.370. The molecule has 35 heavy (non-hydrogen) atoms. The van der Waals surface area contributed by atoms with E-state index in [1.807, 2.05) is 0 Å². The second-order valence-electron chi connectivity index (χ2n) is 8.24. The molecule has 11 heteroatoms. The largest absolute Gasteiger partial charge is 0.395 e. The predicted molar refractivity (Wildman–Crippen MR) is 146 cm³/mol. The second-order valence-corrected chi connectivity index (χ2v) is 9.82. The molecule has 0 heterocycles. The molecular formula is C24H59N3O7S. The van der Waals surface area contributed by atoms with Gasteiger partial charge in [0.25, 0.3) is 10.1 Å². The normalized spacial score (nSPS) is 11.3. The molecule has 0 fully saturated rings. The van der Waals surface area contributed by atoms with Crippen molar-refractivity contribution in [3.8, 4) is 0 Å². The van der Waals surface area contributed by atoms with E-state index in [-0.39, 0.29) is 26.2 Å². The summed E-state index contributed by atoms with van der Waals surface area (Å²) in [7, 11) is -4.27. The molecule has 0 rings (SSSR count). The molecule has 0 amide bonds. The van der Waals surface area contributed by atoms with Crippen molar-refractivity contribution in [2.75, 3.05) is 39.5 Å². The molecule has 0 aromatic heterocycles. The number of aliphatic hydroxyl groups is 4. The first-order valence-electron chi connectivity index (χ1n) is 13.3. The van der Waals surface area contributed by atoms with Crippen molar-refractivity contribution in [3.63, 3.8) is 0 Å². The van der Waals surface area contributed by atoms with Crippen LogP contribution in [0.25, 0.3) is 0 Å². The Morgan fingerprint density at radius 3 is 1.00 bits per heavy atom. The highest BCUT2D eigenvalue weighted by Gasteiger charge is 2.18. The third-order valence-corrected chi connectivity index (χ3v) is 5.71. The van der Waals surface area contributed by atoms with Crippen molar-refractivity contribution >= 4 is 10.1 Å². The van der Waals surface area contributed by atoms with Crippen LogP contribution in [0.4, 0.5) is 0 Å². The summed E-state index contributed by atoms with van der Waals surface area (Å²) < 4.78 is 29.9. The number of nitrogens with two attached hydrogens (primary N) is 3. The summed E-state index contributed by atoms with van der Waals surface area (Å²) in [5, 5.41) is 32.4. The van der Waals surface area contributed by atoms with E-state index in [1.165, 1.54) is 77.0 Å². The van der Waals surface area contributed by atoms with E-state index in [4.69, 9.17) is 42.2 Å². The lowest BCUT2D eigenvalue weighted by Gasteiger charge is -2.06. The second kappa shape index (κ2) is 38.2. The van der Waals surface area contributed by atoms with E-state index in [0.717, 1.165) is 12.8 Å². The lowest BCUT2D eigenvalue weighted by atomic mass is 10.0. The van der Waals surface area contributed by atoms with Crippen LogP contribution < -0.4 is 17.2 Å². The quantitative estimate of drug-likeness (QED) is 0.0843. The van der Waals surface area contributed by atoms with Gasteiger partial charge in [0.05, 0.1) is 19.8 Å². The molecule has 11 N–H and O–H groups in total. The van der Waals surface area contributed by atoms with Crippen LogP contribution in [0.1, 0.15) is 110 Å². The Labute approximate surface area is 215 Å². The zero-order valence-corrected chi connectivity index (χ0v) is 23.1. The van der Waals surface area contributed by atoms with Crippen LogP contribution in [0, 0.1) is 0 Å². The van der Waals surface area contributed by atoms with Crippen molar-refractivity contribution in [2.24, 2.45) is 17.2 Å². The Kier molecular flexibility index (Phi) is 45.5. The van der Waals surface area contributed by atoms with E-state index in [1.54, 1.807) is 0 Å². The molecular weight excluding hydrogens is 474 g/mol. The van der Waals surface area contributed by atoms with Crippen molar-refractivity contribution in [1.82, 2.24) is 0 Å². The van der Waals surface area contributed by atoms with Gasteiger partial charge < -0.3 is 37.6 Å². The first kappa shape index (κ1) is 41.7. The fourth-order valence-corrected chi connectivity index (χ4v) is 3.30. The monoisotopic (exact) mass is 533 g/mol. The molecule has 0 aliphatic heterocycles. The molecule has 0 bridgehead atoms. The lowest BCUT2D eigenvalue weighted by molar-refractivity contribution is 0.219. The molecule has 10 nitrogen and oxygen atoms in total. The Morgan fingerprint density at radius 1 is 0.571 bits per heavy atom. The van der Waals surface area contributed by atoms with E-state index >= 15 is 0 Å². The zero-order valence-electron chi connectivity index (χ0n) is 22.3. The van der Waals surface area contributed by atoms with Crippen molar-refractivity contribution < 1.29 is 33.4 Å². The summed E-state index contributed by atoms with van der Waals surface area (Å²) in [5.41, 5.74) is 12.7. The summed E-state index contributed by atoms with van der Waals surface area (Å²) in [6.07, 6.45) is 18.9. The van der Waals surface area contributed by atoms with Gasteiger partial charge in [-0.05, 0) is 12.8 Å². The predicted octanol–water partition coefficient (Wildman–Crippen LogP) is 2.27. The van der Waals surface area contributed by atoms with Gasteiger partial charge in [-0.1, -0.05) is 96.8 Å². The Morgan fingerprint density at radius 2 is 0.800 bits per heavy atom. The van der Waals surface area contributed by atoms with Gasteiger partial charge in [0.1, 0.15) is 0 Å². The smallest absolute Gasteiger partial charge is 0.291 e. The van der Waals surface area contributed by atoms with E-state index < -0.39 is 15.6 Å². The minimum Gasteiger partial charge on any atom is -0.395 e. The maximum atomic E-state index is 10.6. The molecule has 1 atom stereocenters. The first-order valence-corrected chi connectivity index (χ1v) is 14.8. The minimum atomic E-state index is -4.27. The van der Waals surface area contributed by atoms with Crippen molar-refractivity contribution in [2.45, 2.75) is 115 Å². The highest BCUT2D eigenvalue weighted by molar-refractivity contribution is 7.86.